The third-order valence-corrected chi connectivity index (χ3v) is 3.59. The molecule has 1 aliphatic rings. The first kappa shape index (κ1) is 13.3. The Hall–Kier alpha value is -1.09. The van der Waals surface area contributed by atoms with E-state index in [1.54, 1.807) is 19.1 Å². The van der Waals surface area contributed by atoms with E-state index in [2.05, 4.69) is 33.0 Å². The van der Waals surface area contributed by atoms with Crippen LogP contribution < -0.4 is 5.32 Å². The van der Waals surface area contributed by atoms with Gasteiger partial charge >= 0.3 is 0 Å². The second-order valence-electron chi connectivity index (χ2n) is 6.33. The van der Waals surface area contributed by atoms with E-state index in [9.17, 15) is 4.39 Å². The van der Waals surface area contributed by atoms with Crippen LogP contribution in [-0.4, -0.2) is 17.2 Å². The van der Waals surface area contributed by atoms with Crippen LogP contribution in [0.4, 0.5) is 10.1 Å². The zero-order valence-electron chi connectivity index (χ0n) is 11.8. The first-order chi connectivity index (χ1) is 8.20. The van der Waals surface area contributed by atoms with Gasteiger partial charge in [0.05, 0.1) is 17.2 Å². The summed E-state index contributed by atoms with van der Waals surface area (Å²) in [5.74, 6) is -0.170. The number of nitrogens with one attached hydrogen (secondary N) is 1. The van der Waals surface area contributed by atoms with Crippen molar-refractivity contribution in [1.29, 1.82) is 0 Å². The van der Waals surface area contributed by atoms with E-state index in [0.717, 1.165) is 12.1 Å². The predicted octanol–water partition coefficient (Wildman–Crippen LogP) is 3.89. The van der Waals surface area contributed by atoms with E-state index in [0.29, 0.717) is 5.56 Å². The Morgan fingerprint density at radius 1 is 1.28 bits per heavy atom. The van der Waals surface area contributed by atoms with Gasteiger partial charge in [-0.05, 0) is 58.7 Å². The number of benzene rings is 1. The lowest BCUT2D eigenvalue weighted by molar-refractivity contribution is -0.0662. The Balaban J connectivity index is 2.16. The van der Waals surface area contributed by atoms with Gasteiger partial charge in [-0.3, -0.25) is 0 Å². The van der Waals surface area contributed by atoms with Crippen LogP contribution in [0, 0.1) is 12.7 Å². The molecule has 1 aromatic rings. The van der Waals surface area contributed by atoms with Crippen molar-refractivity contribution in [2.75, 3.05) is 5.32 Å². The van der Waals surface area contributed by atoms with Crippen LogP contribution in [0.5, 0.6) is 0 Å². The SMILES string of the molecule is Cc1ccc(NC2CC(C)(C)OC2(C)C)cc1F. The fourth-order valence-corrected chi connectivity index (χ4v) is 2.67. The summed E-state index contributed by atoms with van der Waals surface area (Å²) in [4.78, 5) is 0. The van der Waals surface area contributed by atoms with Crippen LogP contribution in [0.2, 0.25) is 0 Å². The van der Waals surface area contributed by atoms with E-state index in [1.807, 2.05) is 6.07 Å². The van der Waals surface area contributed by atoms with E-state index in [-0.39, 0.29) is 23.1 Å². The van der Waals surface area contributed by atoms with Crippen LogP contribution in [0.1, 0.15) is 39.7 Å². The van der Waals surface area contributed by atoms with Gasteiger partial charge in [-0.1, -0.05) is 6.07 Å². The van der Waals surface area contributed by atoms with Crippen LogP contribution in [-0.2, 0) is 4.74 Å². The van der Waals surface area contributed by atoms with E-state index >= 15 is 0 Å². The molecule has 3 heteroatoms. The van der Waals surface area contributed by atoms with Gasteiger partial charge in [-0.25, -0.2) is 4.39 Å². The van der Waals surface area contributed by atoms with Crippen molar-refractivity contribution >= 4 is 5.69 Å². The number of aryl methyl sites for hydroxylation is 1. The monoisotopic (exact) mass is 251 g/mol. The normalized spacial score (nSPS) is 25.1. The third kappa shape index (κ3) is 2.66. The van der Waals surface area contributed by atoms with Gasteiger partial charge in [0.1, 0.15) is 5.82 Å². The first-order valence-corrected chi connectivity index (χ1v) is 6.42. The molecule has 18 heavy (non-hydrogen) atoms. The minimum atomic E-state index is -0.245. The average Bonchev–Trinajstić information content (AvgIpc) is 2.40. The molecule has 1 atom stereocenters. The third-order valence-electron chi connectivity index (χ3n) is 3.59. The fourth-order valence-electron chi connectivity index (χ4n) is 2.67. The standard InChI is InChI=1S/C15H22FNO/c1-10-6-7-11(8-12(10)16)17-13-9-14(2,3)18-15(13,4)5/h6-8,13,17H,9H2,1-5H3. The largest absolute Gasteiger partial charge is 0.379 e. The maximum absolute atomic E-state index is 13.5. The summed E-state index contributed by atoms with van der Waals surface area (Å²) in [7, 11) is 0. The number of hydrogen-bond donors (Lipinski definition) is 1. The molecule has 2 rings (SSSR count). The van der Waals surface area contributed by atoms with Crippen molar-refractivity contribution in [2.24, 2.45) is 0 Å². The highest BCUT2D eigenvalue weighted by Crippen LogP contribution is 2.38. The Morgan fingerprint density at radius 2 is 1.94 bits per heavy atom. The highest BCUT2D eigenvalue weighted by atomic mass is 19.1. The topological polar surface area (TPSA) is 21.3 Å². The molecule has 1 N–H and O–H groups in total. The summed E-state index contributed by atoms with van der Waals surface area (Å²) in [6.45, 7) is 10.1. The van der Waals surface area contributed by atoms with Gasteiger partial charge in [0.15, 0.2) is 0 Å². The average molecular weight is 251 g/mol. The van der Waals surface area contributed by atoms with Crippen LogP contribution in [0.25, 0.3) is 0 Å². The molecule has 0 saturated carbocycles. The summed E-state index contributed by atoms with van der Waals surface area (Å²) in [6, 6.07) is 5.46. The molecule has 1 aliphatic heterocycles. The van der Waals surface area contributed by atoms with Crippen molar-refractivity contribution in [3.8, 4) is 0 Å². The molecule has 0 aliphatic carbocycles. The molecule has 0 amide bonds. The molecule has 0 radical (unpaired) electrons. The van der Waals surface area contributed by atoms with Crippen LogP contribution >= 0.6 is 0 Å². The molecule has 0 bridgehead atoms. The van der Waals surface area contributed by atoms with Crippen molar-refractivity contribution in [2.45, 2.75) is 58.3 Å². The molecule has 1 fully saturated rings. The molecular formula is C15H22FNO. The quantitative estimate of drug-likeness (QED) is 0.861. The lowest BCUT2D eigenvalue weighted by Gasteiger charge is -2.28. The van der Waals surface area contributed by atoms with Gasteiger partial charge in [0, 0.05) is 5.69 Å². The second kappa shape index (κ2) is 4.23. The smallest absolute Gasteiger partial charge is 0.128 e. The molecule has 1 saturated heterocycles. The maximum Gasteiger partial charge on any atom is 0.128 e. The van der Waals surface area contributed by atoms with Crippen molar-refractivity contribution in [3.05, 3.63) is 29.6 Å². The zero-order chi connectivity index (χ0) is 13.6. The molecule has 1 heterocycles. The number of rotatable bonds is 2. The molecule has 0 aromatic heterocycles. The lowest BCUT2D eigenvalue weighted by atomic mass is 9.94. The maximum atomic E-state index is 13.5. The van der Waals surface area contributed by atoms with E-state index in [1.165, 1.54) is 0 Å². The molecule has 1 aromatic carbocycles. The Bertz CT molecular complexity index is 454. The molecule has 2 nitrogen and oxygen atoms in total. The minimum Gasteiger partial charge on any atom is -0.379 e. The molecule has 0 spiro atoms. The van der Waals surface area contributed by atoms with Crippen molar-refractivity contribution < 1.29 is 9.13 Å². The first-order valence-electron chi connectivity index (χ1n) is 6.42. The lowest BCUT2D eigenvalue weighted by Crippen LogP contribution is -2.38. The highest BCUT2D eigenvalue weighted by Gasteiger charge is 2.45. The summed E-state index contributed by atoms with van der Waals surface area (Å²) in [6.07, 6.45) is 0.912. The van der Waals surface area contributed by atoms with Crippen LogP contribution in [0.3, 0.4) is 0 Å². The zero-order valence-corrected chi connectivity index (χ0v) is 11.8. The summed E-state index contributed by atoms with van der Waals surface area (Å²) >= 11 is 0. The van der Waals surface area contributed by atoms with Crippen molar-refractivity contribution in [3.63, 3.8) is 0 Å². The second-order valence-corrected chi connectivity index (χ2v) is 6.33. The number of anilines is 1. The van der Waals surface area contributed by atoms with Gasteiger partial charge in [0.2, 0.25) is 0 Å². The number of ether oxygens (including phenoxy) is 1. The number of hydrogen-bond acceptors (Lipinski definition) is 2. The Morgan fingerprint density at radius 3 is 2.44 bits per heavy atom. The molecule has 100 valence electrons. The molecule has 1 unspecified atom stereocenters. The molecular weight excluding hydrogens is 229 g/mol. The van der Waals surface area contributed by atoms with Gasteiger partial charge in [0.25, 0.3) is 0 Å². The predicted molar refractivity (Wildman–Crippen MR) is 72.4 cm³/mol. The Kier molecular flexibility index (Phi) is 3.14. The van der Waals surface area contributed by atoms with Crippen LogP contribution in [0.15, 0.2) is 18.2 Å². The summed E-state index contributed by atoms with van der Waals surface area (Å²) in [5.41, 5.74) is 1.11. The summed E-state index contributed by atoms with van der Waals surface area (Å²) in [5, 5.41) is 3.39. The van der Waals surface area contributed by atoms with Gasteiger partial charge in [-0.2, -0.15) is 0 Å². The summed E-state index contributed by atoms with van der Waals surface area (Å²) < 4.78 is 19.5. The minimum absolute atomic E-state index is 0.135. The van der Waals surface area contributed by atoms with E-state index < -0.39 is 0 Å². The van der Waals surface area contributed by atoms with Crippen molar-refractivity contribution in [1.82, 2.24) is 0 Å². The van der Waals surface area contributed by atoms with Gasteiger partial charge in [-0.15, -0.1) is 0 Å². The Labute approximate surface area is 109 Å². The number of halogens is 1. The fraction of sp³-hybridized carbons (Fsp3) is 0.600. The van der Waals surface area contributed by atoms with Gasteiger partial charge < -0.3 is 10.1 Å². The van der Waals surface area contributed by atoms with E-state index in [4.69, 9.17) is 4.74 Å². The highest BCUT2D eigenvalue weighted by molar-refractivity contribution is 5.46.